The molecule has 0 radical (unpaired) electrons. The molecule has 2 heterocycles. The van der Waals surface area contributed by atoms with Crippen LogP contribution in [0.1, 0.15) is 5.69 Å². The molecule has 0 saturated heterocycles. The summed E-state index contributed by atoms with van der Waals surface area (Å²) in [7, 11) is 0. The molecule has 21 heavy (non-hydrogen) atoms. The van der Waals surface area contributed by atoms with Crippen molar-refractivity contribution in [3.63, 3.8) is 0 Å². The number of para-hydroxylation sites is 3. The number of anilines is 1. The molecule has 4 heteroatoms. The molecule has 2 N–H and O–H groups in total. The highest BCUT2D eigenvalue weighted by molar-refractivity contribution is 5.88. The first kappa shape index (κ1) is 11.9. The summed E-state index contributed by atoms with van der Waals surface area (Å²) in [4.78, 5) is 4.54. The van der Waals surface area contributed by atoms with Crippen LogP contribution in [0.2, 0.25) is 0 Å². The Hall–Kier alpha value is -2.88. The number of aliphatic imine (C=N–C) groups is 1. The summed E-state index contributed by atoms with van der Waals surface area (Å²) in [5, 5.41) is 11.9. The quantitative estimate of drug-likeness (QED) is 0.746. The van der Waals surface area contributed by atoms with Gasteiger partial charge in [-0.2, -0.15) is 5.10 Å². The van der Waals surface area contributed by atoms with Crippen LogP contribution in [0.15, 0.2) is 65.3 Å². The minimum absolute atomic E-state index is 0.769. The van der Waals surface area contributed by atoms with Gasteiger partial charge < -0.3 is 5.32 Å². The van der Waals surface area contributed by atoms with E-state index >= 15 is 0 Å². The highest BCUT2D eigenvalue weighted by Crippen LogP contribution is 2.27. The second-order valence-electron chi connectivity index (χ2n) is 5.04. The van der Waals surface area contributed by atoms with Crippen LogP contribution in [0.3, 0.4) is 0 Å². The summed E-state index contributed by atoms with van der Waals surface area (Å²) in [6, 6.07) is 16.2. The zero-order chi connectivity index (χ0) is 14.1. The lowest BCUT2D eigenvalue weighted by atomic mass is 10.1. The van der Waals surface area contributed by atoms with Crippen molar-refractivity contribution in [3.8, 4) is 0 Å². The average Bonchev–Trinajstić information content (AvgIpc) is 2.82. The van der Waals surface area contributed by atoms with Crippen LogP contribution in [-0.2, 0) is 6.42 Å². The molecule has 1 aromatic heterocycles. The number of aromatic amines is 1. The fraction of sp³-hybridized carbons (Fsp3) is 0.0588. The molecule has 0 aliphatic carbocycles. The number of nitrogens with zero attached hydrogens (tertiary/aromatic N) is 2. The Kier molecular flexibility index (Phi) is 2.78. The Labute approximate surface area is 122 Å². The molecular weight excluding hydrogens is 260 g/mol. The van der Waals surface area contributed by atoms with Gasteiger partial charge in [0.1, 0.15) is 0 Å². The van der Waals surface area contributed by atoms with Gasteiger partial charge in [-0.3, -0.25) is 10.1 Å². The molecule has 4 nitrogen and oxygen atoms in total. The number of nitrogens with one attached hydrogen (secondary N) is 2. The van der Waals surface area contributed by atoms with E-state index in [2.05, 4.69) is 26.6 Å². The van der Waals surface area contributed by atoms with E-state index in [1.807, 2.05) is 54.9 Å². The van der Waals surface area contributed by atoms with Crippen molar-refractivity contribution in [1.82, 2.24) is 10.2 Å². The monoisotopic (exact) mass is 274 g/mol. The van der Waals surface area contributed by atoms with Gasteiger partial charge in [-0.15, -0.1) is 0 Å². The lowest BCUT2D eigenvalue weighted by Crippen LogP contribution is -1.96. The van der Waals surface area contributed by atoms with Crippen LogP contribution < -0.4 is 5.32 Å². The van der Waals surface area contributed by atoms with Crippen LogP contribution in [-0.4, -0.2) is 16.4 Å². The minimum atomic E-state index is 0.769. The second kappa shape index (κ2) is 4.90. The van der Waals surface area contributed by atoms with Gasteiger partial charge in [0.05, 0.1) is 16.9 Å². The summed E-state index contributed by atoms with van der Waals surface area (Å²) >= 11 is 0. The van der Waals surface area contributed by atoms with Gasteiger partial charge in [0.15, 0.2) is 0 Å². The average molecular weight is 274 g/mol. The molecule has 4 rings (SSSR count). The standard InChI is InChI=1S/C17H14N4/c1-2-6-14-13(5-1)17(21-20-14)9-12-10-18-15-7-3-4-8-16(15)19-11-12/h1-8,10-11,18H,9H2,(H,20,21). The summed E-state index contributed by atoms with van der Waals surface area (Å²) in [5.41, 5.74) is 5.20. The van der Waals surface area contributed by atoms with Crippen molar-refractivity contribution in [2.45, 2.75) is 6.42 Å². The van der Waals surface area contributed by atoms with E-state index in [0.29, 0.717) is 0 Å². The Morgan fingerprint density at radius 2 is 1.81 bits per heavy atom. The molecule has 2 aromatic carbocycles. The Morgan fingerprint density at radius 1 is 0.952 bits per heavy atom. The molecule has 0 atom stereocenters. The van der Waals surface area contributed by atoms with Crippen molar-refractivity contribution < 1.29 is 0 Å². The van der Waals surface area contributed by atoms with Crippen LogP contribution in [0, 0.1) is 0 Å². The number of H-pyrrole nitrogens is 1. The number of allylic oxidation sites excluding steroid dienone is 1. The molecule has 0 bridgehead atoms. The maximum absolute atomic E-state index is 4.54. The minimum Gasteiger partial charge on any atom is -0.360 e. The van der Waals surface area contributed by atoms with E-state index in [4.69, 9.17) is 0 Å². The predicted octanol–water partition coefficient (Wildman–Crippen LogP) is 3.82. The van der Waals surface area contributed by atoms with Crippen LogP contribution in [0.4, 0.5) is 11.4 Å². The van der Waals surface area contributed by atoms with E-state index in [9.17, 15) is 0 Å². The van der Waals surface area contributed by atoms with Gasteiger partial charge in [0.25, 0.3) is 0 Å². The molecular formula is C17H14N4. The number of hydrogen-bond acceptors (Lipinski definition) is 3. The Bertz CT molecular complexity index is 858. The molecule has 1 aliphatic rings. The number of aromatic nitrogens is 2. The third-order valence-electron chi connectivity index (χ3n) is 3.61. The first-order valence-electron chi connectivity index (χ1n) is 6.91. The number of rotatable bonds is 2. The summed E-state index contributed by atoms with van der Waals surface area (Å²) in [6.45, 7) is 0. The fourth-order valence-corrected chi connectivity index (χ4v) is 2.52. The van der Waals surface area contributed by atoms with E-state index in [0.717, 1.165) is 40.0 Å². The first-order valence-corrected chi connectivity index (χ1v) is 6.91. The van der Waals surface area contributed by atoms with E-state index in [1.54, 1.807) is 0 Å². The van der Waals surface area contributed by atoms with Crippen LogP contribution in [0.25, 0.3) is 10.9 Å². The van der Waals surface area contributed by atoms with Gasteiger partial charge in [0.2, 0.25) is 0 Å². The lowest BCUT2D eigenvalue weighted by Gasteiger charge is -2.02. The molecule has 0 saturated carbocycles. The summed E-state index contributed by atoms with van der Waals surface area (Å²) < 4.78 is 0. The van der Waals surface area contributed by atoms with Crippen LogP contribution >= 0.6 is 0 Å². The normalized spacial score (nSPS) is 13.4. The smallest absolute Gasteiger partial charge is 0.0923 e. The van der Waals surface area contributed by atoms with Gasteiger partial charge in [-0.25, -0.2) is 0 Å². The number of benzene rings is 2. The molecule has 102 valence electrons. The Balaban J connectivity index is 1.65. The van der Waals surface area contributed by atoms with Crippen molar-refractivity contribution in [3.05, 3.63) is 66.0 Å². The molecule has 0 amide bonds. The van der Waals surface area contributed by atoms with Crippen LogP contribution in [0.5, 0.6) is 0 Å². The Morgan fingerprint density at radius 3 is 2.81 bits per heavy atom. The van der Waals surface area contributed by atoms with E-state index < -0.39 is 0 Å². The maximum atomic E-state index is 4.54. The summed E-state index contributed by atoms with van der Waals surface area (Å²) in [6.07, 6.45) is 4.68. The number of fused-ring (bicyclic) bond motifs is 2. The maximum Gasteiger partial charge on any atom is 0.0923 e. The second-order valence-corrected chi connectivity index (χ2v) is 5.04. The van der Waals surface area contributed by atoms with Crippen molar-refractivity contribution >= 4 is 28.5 Å². The largest absolute Gasteiger partial charge is 0.360 e. The number of hydrogen-bond donors (Lipinski definition) is 2. The van der Waals surface area contributed by atoms with Gasteiger partial charge in [0, 0.05) is 29.9 Å². The third-order valence-corrected chi connectivity index (χ3v) is 3.61. The lowest BCUT2D eigenvalue weighted by molar-refractivity contribution is 1.02. The zero-order valence-corrected chi connectivity index (χ0v) is 11.4. The SMILES string of the molecule is C1=Nc2ccccc2NC=C1Cc1[nH]nc2ccccc12. The van der Waals surface area contributed by atoms with Crippen molar-refractivity contribution in [2.24, 2.45) is 4.99 Å². The zero-order valence-electron chi connectivity index (χ0n) is 11.4. The molecule has 0 fully saturated rings. The topological polar surface area (TPSA) is 53.1 Å². The molecule has 1 aliphatic heterocycles. The highest BCUT2D eigenvalue weighted by atomic mass is 15.1. The summed E-state index contributed by atoms with van der Waals surface area (Å²) in [5.74, 6) is 0. The molecule has 0 spiro atoms. The van der Waals surface area contributed by atoms with Crippen molar-refractivity contribution in [1.29, 1.82) is 0 Å². The predicted molar refractivity (Wildman–Crippen MR) is 86.1 cm³/mol. The first-order chi connectivity index (χ1) is 10.4. The fourth-order valence-electron chi connectivity index (χ4n) is 2.52. The third kappa shape index (κ3) is 2.21. The molecule has 0 unspecified atom stereocenters. The van der Waals surface area contributed by atoms with Gasteiger partial charge >= 0.3 is 0 Å². The van der Waals surface area contributed by atoms with E-state index in [-0.39, 0.29) is 0 Å². The highest BCUT2D eigenvalue weighted by Gasteiger charge is 2.08. The molecule has 3 aromatic rings. The van der Waals surface area contributed by atoms with Gasteiger partial charge in [-0.1, -0.05) is 30.3 Å². The van der Waals surface area contributed by atoms with Gasteiger partial charge in [-0.05, 0) is 23.8 Å². The van der Waals surface area contributed by atoms with E-state index in [1.165, 1.54) is 0 Å². The van der Waals surface area contributed by atoms with Crippen molar-refractivity contribution in [2.75, 3.05) is 5.32 Å².